The molecule has 15 heavy (non-hydrogen) atoms. The minimum absolute atomic E-state index is 0.185. The minimum atomic E-state index is -5.34. The predicted octanol–water partition coefficient (Wildman–Crippen LogP) is 1.71. The number of rotatable bonds is 2. The second kappa shape index (κ2) is 4.25. The van der Waals surface area contributed by atoms with Crippen LogP contribution in [0.5, 0.6) is 0 Å². The molecule has 0 spiro atoms. The highest BCUT2D eigenvalue weighted by atomic mass is 32.2. The summed E-state index contributed by atoms with van der Waals surface area (Å²) in [4.78, 5) is 0. The van der Waals surface area contributed by atoms with Gasteiger partial charge in [0.25, 0.3) is 0 Å². The Morgan fingerprint density at radius 1 is 1.20 bits per heavy atom. The number of halogens is 4. The number of hydrogen-bond donors (Lipinski definition) is 1. The molecular weight excluding hydrogens is 238 g/mol. The summed E-state index contributed by atoms with van der Waals surface area (Å²) in [6.45, 7) is 0. The van der Waals surface area contributed by atoms with Gasteiger partial charge in [0.2, 0.25) is 0 Å². The molecule has 0 heterocycles. The standard InChI is InChI=1S/C7H11F4NO2S/c8-5-2-1-3-6(4-5)12-15(13,14)7(9,10)11/h5-6,12H,1-4H2. The highest BCUT2D eigenvalue weighted by Crippen LogP contribution is 2.26. The van der Waals surface area contributed by atoms with Gasteiger partial charge in [0.05, 0.1) is 0 Å². The van der Waals surface area contributed by atoms with Crippen molar-refractivity contribution in [1.82, 2.24) is 4.72 Å². The maximum atomic E-state index is 12.8. The lowest BCUT2D eigenvalue weighted by Gasteiger charge is -2.25. The van der Waals surface area contributed by atoms with E-state index in [0.29, 0.717) is 6.42 Å². The van der Waals surface area contributed by atoms with Gasteiger partial charge in [-0.3, -0.25) is 0 Å². The lowest BCUT2D eigenvalue weighted by Crippen LogP contribution is -2.44. The Kier molecular flexibility index (Phi) is 3.59. The number of alkyl halides is 4. The molecule has 1 aliphatic rings. The molecule has 90 valence electrons. The third-order valence-corrected chi connectivity index (χ3v) is 3.49. The Bertz CT molecular complexity index is 313. The van der Waals surface area contributed by atoms with Crippen molar-refractivity contribution in [3.05, 3.63) is 0 Å². The zero-order chi connectivity index (χ0) is 11.7. The van der Waals surface area contributed by atoms with Crippen molar-refractivity contribution in [2.75, 3.05) is 0 Å². The summed E-state index contributed by atoms with van der Waals surface area (Å²) in [5.41, 5.74) is -5.32. The van der Waals surface area contributed by atoms with Crippen LogP contribution in [-0.4, -0.2) is 26.1 Å². The number of sulfonamides is 1. The summed E-state index contributed by atoms with van der Waals surface area (Å²) < 4.78 is 71.4. The Balaban J connectivity index is 2.62. The summed E-state index contributed by atoms with van der Waals surface area (Å²) in [5, 5.41) is 0. The summed E-state index contributed by atoms with van der Waals surface area (Å²) in [5.74, 6) is 0. The van der Waals surface area contributed by atoms with Crippen molar-refractivity contribution >= 4 is 10.0 Å². The van der Waals surface area contributed by atoms with Gasteiger partial charge in [-0.1, -0.05) is 0 Å². The molecule has 1 fully saturated rings. The molecule has 3 nitrogen and oxygen atoms in total. The van der Waals surface area contributed by atoms with Gasteiger partial charge in [-0.2, -0.15) is 13.2 Å². The van der Waals surface area contributed by atoms with Crippen LogP contribution in [0.4, 0.5) is 17.6 Å². The first-order valence-electron chi connectivity index (χ1n) is 4.45. The maximum absolute atomic E-state index is 12.8. The van der Waals surface area contributed by atoms with E-state index in [0.717, 1.165) is 0 Å². The van der Waals surface area contributed by atoms with Crippen LogP contribution in [0, 0.1) is 0 Å². The fourth-order valence-electron chi connectivity index (χ4n) is 1.52. The van der Waals surface area contributed by atoms with Crippen LogP contribution in [0.2, 0.25) is 0 Å². The minimum Gasteiger partial charge on any atom is -0.247 e. The zero-order valence-corrected chi connectivity index (χ0v) is 8.54. The van der Waals surface area contributed by atoms with Gasteiger partial charge in [0, 0.05) is 6.04 Å². The van der Waals surface area contributed by atoms with Crippen molar-refractivity contribution in [2.24, 2.45) is 0 Å². The van der Waals surface area contributed by atoms with Gasteiger partial charge in [-0.05, 0) is 25.7 Å². The Morgan fingerprint density at radius 2 is 1.80 bits per heavy atom. The predicted molar refractivity (Wildman–Crippen MR) is 45.3 cm³/mol. The molecular formula is C7H11F4NO2S. The second-order valence-corrected chi connectivity index (χ2v) is 5.23. The van der Waals surface area contributed by atoms with Crippen molar-refractivity contribution in [3.8, 4) is 0 Å². The molecule has 1 aliphatic carbocycles. The van der Waals surface area contributed by atoms with E-state index in [1.165, 1.54) is 4.72 Å². The van der Waals surface area contributed by atoms with Crippen molar-refractivity contribution in [1.29, 1.82) is 0 Å². The van der Waals surface area contributed by atoms with Crippen molar-refractivity contribution in [2.45, 2.75) is 43.4 Å². The summed E-state index contributed by atoms with van der Waals surface area (Å²) in [7, 11) is -5.34. The molecule has 8 heteroatoms. The summed E-state index contributed by atoms with van der Waals surface area (Å²) >= 11 is 0. The van der Waals surface area contributed by atoms with Gasteiger partial charge in [-0.25, -0.2) is 17.5 Å². The fourth-order valence-corrected chi connectivity index (χ4v) is 2.31. The monoisotopic (exact) mass is 249 g/mol. The fraction of sp³-hybridized carbons (Fsp3) is 1.00. The highest BCUT2D eigenvalue weighted by molar-refractivity contribution is 7.90. The quantitative estimate of drug-likeness (QED) is 0.757. The zero-order valence-electron chi connectivity index (χ0n) is 7.72. The summed E-state index contributed by atoms with van der Waals surface area (Å²) in [6.07, 6.45) is -0.485. The van der Waals surface area contributed by atoms with Crippen LogP contribution >= 0.6 is 0 Å². The molecule has 0 aromatic carbocycles. The number of hydrogen-bond acceptors (Lipinski definition) is 2. The smallest absolute Gasteiger partial charge is 0.247 e. The molecule has 0 amide bonds. The molecule has 0 radical (unpaired) electrons. The van der Waals surface area contributed by atoms with E-state index in [1.54, 1.807) is 0 Å². The SMILES string of the molecule is O=S(=O)(NC1CCCC(F)C1)C(F)(F)F. The molecule has 2 unspecified atom stereocenters. The average Bonchev–Trinajstić information content (AvgIpc) is 2.00. The highest BCUT2D eigenvalue weighted by Gasteiger charge is 2.47. The van der Waals surface area contributed by atoms with Crippen LogP contribution in [0.3, 0.4) is 0 Å². The van der Waals surface area contributed by atoms with Crippen molar-refractivity contribution in [3.63, 3.8) is 0 Å². The van der Waals surface area contributed by atoms with Crippen LogP contribution in [0.1, 0.15) is 25.7 Å². The van der Waals surface area contributed by atoms with Gasteiger partial charge in [0.1, 0.15) is 6.17 Å². The largest absolute Gasteiger partial charge is 0.511 e. The lowest BCUT2D eigenvalue weighted by atomic mass is 9.95. The molecule has 0 bridgehead atoms. The van der Waals surface area contributed by atoms with Crippen LogP contribution in [0.25, 0.3) is 0 Å². The van der Waals surface area contributed by atoms with E-state index in [4.69, 9.17) is 0 Å². The first-order chi connectivity index (χ1) is 6.72. The molecule has 2 atom stereocenters. The maximum Gasteiger partial charge on any atom is 0.511 e. The van der Waals surface area contributed by atoms with Crippen LogP contribution < -0.4 is 4.72 Å². The third-order valence-electron chi connectivity index (χ3n) is 2.24. The van der Waals surface area contributed by atoms with E-state index in [9.17, 15) is 26.0 Å². The van der Waals surface area contributed by atoms with E-state index >= 15 is 0 Å². The van der Waals surface area contributed by atoms with E-state index in [2.05, 4.69) is 0 Å². The molecule has 1 N–H and O–H groups in total. The Morgan fingerprint density at radius 3 is 2.27 bits per heavy atom. The van der Waals surface area contributed by atoms with Crippen molar-refractivity contribution < 1.29 is 26.0 Å². The Labute approximate surface area is 84.9 Å². The van der Waals surface area contributed by atoms with Gasteiger partial charge in [0.15, 0.2) is 0 Å². The molecule has 0 aromatic heterocycles. The molecule has 0 saturated heterocycles. The molecule has 0 aromatic rings. The van der Waals surface area contributed by atoms with E-state index < -0.39 is 27.7 Å². The lowest BCUT2D eigenvalue weighted by molar-refractivity contribution is -0.0453. The average molecular weight is 249 g/mol. The van der Waals surface area contributed by atoms with E-state index in [1.807, 2.05) is 0 Å². The van der Waals surface area contributed by atoms with Gasteiger partial charge >= 0.3 is 15.5 Å². The first kappa shape index (κ1) is 12.7. The topological polar surface area (TPSA) is 46.2 Å². The van der Waals surface area contributed by atoms with Crippen LogP contribution in [0.15, 0.2) is 0 Å². The number of nitrogens with one attached hydrogen (secondary N) is 1. The molecule has 1 rings (SSSR count). The third kappa shape index (κ3) is 3.30. The summed E-state index contributed by atoms with van der Waals surface area (Å²) in [6, 6.07) is -0.944. The van der Waals surface area contributed by atoms with Crippen LogP contribution in [-0.2, 0) is 10.0 Å². The second-order valence-electron chi connectivity index (χ2n) is 3.53. The van der Waals surface area contributed by atoms with Gasteiger partial charge < -0.3 is 0 Å². The van der Waals surface area contributed by atoms with Gasteiger partial charge in [-0.15, -0.1) is 0 Å². The molecule has 1 saturated carbocycles. The van der Waals surface area contributed by atoms with E-state index in [-0.39, 0.29) is 19.3 Å². The first-order valence-corrected chi connectivity index (χ1v) is 5.93. The Hall–Kier alpha value is -0.370. The molecule has 0 aliphatic heterocycles. The normalized spacial score (nSPS) is 29.1.